The molecule has 0 radical (unpaired) electrons. The van der Waals surface area contributed by atoms with Crippen molar-refractivity contribution in [3.63, 3.8) is 0 Å². The predicted octanol–water partition coefficient (Wildman–Crippen LogP) is 2.89. The maximum atomic E-state index is 10.2. The van der Waals surface area contributed by atoms with E-state index in [1.54, 1.807) is 31.5 Å². The van der Waals surface area contributed by atoms with Gasteiger partial charge in [-0.25, -0.2) is 0 Å². The number of aliphatic hydroxyl groups excluding tert-OH is 1. The van der Waals surface area contributed by atoms with Crippen molar-refractivity contribution in [2.75, 3.05) is 7.11 Å². The molecule has 2 rings (SSSR count). The van der Waals surface area contributed by atoms with Gasteiger partial charge in [0.1, 0.15) is 17.5 Å². The smallest absolute Gasteiger partial charge is 0.143 e. The molecule has 0 aliphatic rings. The van der Waals surface area contributed by atoms with Gasteiger partial charge in [0.2, 0.25) is 0 Å². The van der Waals surface area contributed by atoms with Crippen molar-refractivity contribution in [2.45, 2.75) is 6.10 Å². The van der Waals surface area contributed by atoms with Gasteiger partial charge >= 0.3 is 0 Å². The number of nitrogens with zero attached hydrogens (tertiary/aromatic N) is 1. The van der Waals surface area contributed by atoms with E-state index in [1.807, 2.05) is 5.38 Å². The number of aromatic nitrogens is 1. The number of aliphatic hydroxyl groups is 1. The molecule has 0 saturated heterocycles. The summed E-state index contributed by atoms with van der Waals surface area (Å²) in [5.74, 6) is 0.555. The van der Waals surface area contributed by atoms with Crippen LogP contribution in [0.5, 0.6) is 5.75 Å². The van der Waals surface area contributed by atoms with Crippen LogP contribution in [-0.4, -0.2) is 17.2 Å². The molecule has 5 heteroatoms. The van der Waals surface area contributed by atoms with Crippen LogP contribution in [0.1, 0.15) is 16.7 Å². The van der Waals surface area contributed by atoms with Gasteiger partial charge in [0.15, 0.2) is 0 Å². The molecule has 2 aromatic rings. The Bertz CT molecular complexity index is 486. The third-order valence-corrected chi connectivity index (χ3v) is 3.58. The molecule has 1 N–H and O–H groups in total. The minimum Gasteiger partial charge on any atom is -0.495 e. The van der Waals surface area contributed by atoms with Gasteiger partial charge in [-0.1, -0.05) is 11.6 Å². The molecular formula is C11H10ClNO2S. The fraction of sp³-hybridized carbons (Fsp3) is 0.182. The van der Waals surface area contributed by atoms with E-state index in [1.165, 1.54) is 11.3 Å². The standard InChI is InChI=1S/C11H10ClNO2S/c1-15-8-3-2-5-13-9(8)10(14)11-7(12)4-6-16-11/h2-6,10,14H,1H3. The molecule has 16 heavy (non-hydrogen) atoms. The lowest BCUT2D eigenvalue weighted by Crippen LogP contribution is -2.03. The molecule has 2 aromatic heterocycles. The summed E-state index contributed by atoms with van der Waals surface area (Å²) in [6, 6.07) is 5.26. The summed E-state index contributed by atoms with van der Waals surface area (Å²) in [6.45, 7) is 0. The van der Waals surface area contributed by atoms with Crippen molar-refractivity contribution in [2.24, 2.45) is 0 Å². The zero-order valence-corrected chi connectivity index (χ0v) is 10.1. The topological polar surface area (TPSA) is 42.4 Å². The van der Waals surface area contributed by atoms with Crippen molar-refractivity contribution in [3.05, 3.63) is 45.4 Å². The van der Waals surface area contributed by atoms with Gasteiger partial charge in [-0.05, 0) is 23.6 Å². The summed E-state index contributed by atoms with van der Waals surface area (Å²) in [5.41, 5.74) is 0.481. The van der Waals surface area contributed by atoms with Crippen molar-refractivity contribution in [1.29, 1.82) is 0 Å². The molecule has 1 unspecified atom stereocenters. The van der Waals surface area contributed by atoms with Gasteiger partial charge < -0.3 is 9.84 Å². The Kier molecular flexibility index (Phi) is 3.43. The molecular weight excluding hydrogens is 246 g/mol. The highest BCUT2D eigenvalue weighted by molar-refractivity contribution is 7.10. The largest absolute Gasteiger partial charge is 0.495 e. The second kappa shape index (κ2) is 4.82. The summed E-state index contributed by atoms with van der Waals surface area (Å²) < 4.78 is 5.14. The Morgan fingerprint density at radius 3 is 2.94 bits per heavy atom. The number of pyridine rings is 1. The minimum atomic E-state index is -0.844. The predicted molar refractivity (Wildman–Crippen MR) is 64.2 cm³/mol. The lowest BCUT2D eigenvalue weighted by Gasteiger charge is -2.12. The summed E-state index contributed by atoms with van der Waals surface area (Å²) in [5, 5.41) is 12.5. The van der Waals surface area contributed by atoms with E-state index in [2.05, 4.69) is 4.98 Å². The van der Waals surface area contributed by atoms with Crippen LogP contribution in [0.25, 0.3) is 0 Å². The average molecular weight is 256 g/mol. The Morgan fingerprint density at radius 1 is 1.50 bits per heavy atom. The molecule has 84 valence electrons. The molecule has 0 fully saturated rings. The Labute approximate surface area is 102 Å². The number of rotatable bonds is 3. The number of thiophene rings is 1. The number of halogens is 1. The number of ether oxygens (including phenoxy) is 1. The minimum absolute atomic E-state index is 0.481. The second-order valence-electron chi connectivity index (χ2n) is 3.13. The summed E-state index contributed by atoms with van der Waals surface area (Å²) in [4.78, 5) is 4.80. The van der Waals surface area contributed by atoms with Gasteiger partial charge in [-0.3, -0.25) is 4.98 Å². The maximum absolute atomic E-state index is 10.2. The summed E-state index contributed by atoms with van der Waals surface area (Å²) in [7, 11) is 1.54. The summed E-state index contributed by atoms with van der Waals surface area (Å²) in [6.07, 6.45) is 0.770. The number of hydrogen-bond donors (Lipinski definition) is 1. The number of methoxy groups -OCH3 is 1. The van der Waals surface area contributed by atoms with E-state index in [4.69, 9.17) is 16.3 Å². The van der Waals surface area contributed by atoms with Gasteiger partial charge in [-0.15, -0.1) is 11.3 Å². The maximum Gasteiger partial charge on any atom is 0.143 e. The zero-order valence-electron chi connectivity index (χ0n) is 8.55. The van der Waals surface area contributed by atoms with Crippen molar-refractivity contribution < 1.29 is 9.84 Å². The van der Waals surface area contributed by atoms with Crippen molar-refractivity contribution in [3.8, 4) is 5.75 Å². The Morgan fingerprint density at radius 2 is 2.31 bits per heavy atom. The molecule has 0 saturated carbocycles. The highest BCUT2D eigenvalue weighted by Crippen LogP contribution is 2.35. The third kappa shape index (κ3) is 2.04. The third-order valence-electron chi connectivity index (χ3n) is 2.17. The van der Waals surface area contributed by atoms with Crippen LogP contribution >= 0.6 is 22.9 Å². The molecule has 0 amide bonds. The van der Waals surface area contributed by atoms with Crippen LogP contribution in [0, 0.1) is 0 Å². The highest BCUT2D eigenvalue weighted by Gasteiger charge is 2.20. The van der Waals surface area contributed by atoms with Gasteiger partial charge in [-0.2, -0.15) is 0 Å². The second-order valence-corrected chi connectivity index (χ2v) is 4.48. The normalized spacial score (nSPS) is 12.4. The van der Waals surface area contributed by atoms with E-state index in [0.717, 1.165) is 0 Å². The van der Waals surface area contributed by atoms with Crippen molar-refractivity contribution in [1.82, 2.24) is 4.98 Å². The highest BCUT2D eigenvalue weighted by atomic mass is 35.5. The summed E-state index contributed by atoms with van der Waals surface area (Å²) >= 11 is 7.36. The van der Waals surface area contributed by atoms with E-state index in [9.17, 15) is 5.11 Å². The fourth-order valence-electron chi connectivity index (χ4n) is 1.41. The molecule has 0 aromatic carbocycles. The Balaban J connectivity index is 2.41. The van der Waals surface area contributed by atoms with Crippen LogP contribution in [0.15, 0.2) is 29.8 Å². The van der Waals surface area contributed by atoms with E-state index in [0.29, 0.717) is 21.3 Å². The van der Waals surface area contributed by atoms with Crippen LogP contribution in [0.3, 0.4) is 0 Å². The van der Waals surface area contributed by atoms with Gasteiger partial charge in [0.05, 0.1) is 17.0 Å². The lowest BCUT2D eigenvalue weighted by atomic mass is 10.2. The van der Waals surface area contributed by atoms with Gasteiger partial charge in [0.25, 0.3) is 0 Å². The first-order valence-corrected chi connectivity index (χ1v) is 5.89. The average Bonchev–Trinajstić information content (AvgIpc) is 2.74. The van der Waals surface area contributed by atoms with Crippen LogP contribution in [-0.2, 0) is 0 Å². The fourth-order valence-corrected chi connectivity index (χ4v) is 2.55. The lowest BCUT2D eigenvalue weighted by molar-refractivity contribution is 0.213. The van der Waals surface area contributed by atoms with E-state index in [-0.39, 0.29) is 0 Å². The quantitative estimate of drug-likeness (QED) is 0.917. The van der Waals surface area contributed by atoms with E-state index < -0.39 is 6.10 Å². The first-order valence-electron chi connectivity index (χ1n) is 4.64. The molecule has 0 spiro atoms. The Hall–Kier alpha value is -1.10. The molecule has 3 nitrogen and oxygen atoms in total. The molecule has 1 atom stereocenters. The number of hydrogen-bond acceptors (Lipinski definition) is 4. The van der Waals surface area contributed by atoms with Crippen LogP contribution in [0.2, 0.25) is 5.02 Å². The van der Waals surface area contributed by atoms with E-state index >= 15 is 0 Å². The SMILES string of the molecule is COc1cccnc1C(O)c1sccc1Cl. The molecule has 0 aliphatic heterocycles. The molecule has 0 bridgehead atoms. The van der Waals surface area contributed by atoms with Crippen LogP contribution < -0.4 is 4.74 Å². The van der Waals surface area contributed by atoms with Crippen molar-refractivity contribution >= 4 is 22.9 Å². The first kappa shape index (κ1) is 11.4. The zero-order chi connectivity index (χ0) is 11.5. The monoisotopic (exact) mass is 255 g/mol. The van der Waals surface area contributed by atoms with Crippen LogP contribution in [0.4, 0.5) is 0 Å². The molecule has 2 heterocycles. The van der Waals surface area contributed by atoms with Gasteiger partial charge in [0, 0.05) is 6.20 Å². The first-order chi connectivity index (χ1) is 7.74. The molecule has 0 aliphatic carbocycles.